The van der Waals surface area contributed by atoms with Crippen LogP contribution in [-0.4, -0.2) is 32.3 Å². The second-order valence-electron chi connectivity index (χ2n) is 1.53. The molecule has 0 radical (unpaired) electrons. The van der Waals surface area contributed by atoms with Crippen LogP contribution in [0.1, 0.15) is 6.92 Å². The summed E-state index contributed by atoms with van der Waals surface area (Å²) in [7, 11) is -4.42. The maximum Gasteiger partial charge on any atom is 0.217 e. The maximum absolute atomic E-state index is 9.45. The maximum atomic E-state index is 9.45. The summed E-state index contributed by atoms with van der Waals surface area (Å²) >= 11 is 0. The second-order valence-corrected chi connectivity index (χ2v) is 2.58. The van der Waals surface area contributed by atoms with Gasteiger partial charge in [-0.3, -0.25) is 4.18 Å². The molecule has 1 rings (SSSR count). The third-order valence-corrected chi connectivity index (χ3v) is 1.16. The lowest BCUT2D eigenvalue weighted by Gasteiger charge is -2.02. The molecule has 0 aromatic heterocycles. The van der Waals surface area contributed by atoms with E-state index in [1.807, 2.05) is 0 Å². The molecule has 0 atom stereocenters. The minimum atomic E-state index is -4.42. The quantitative estimate of drug-likeness (QED) is 0.313. The Morgan fingerprint density at radius 1 is 1.67 bits per heavy atom. The minimum absolute atomic E-state index is 0.0914. The van der Waals surface area contributed by atoms with Gasteiger partial charge in [-0.2, -0.15) is 10.4 Å². The van der Waals surface area contributed by atoms with E-state index in [2.05, 4.69) is 14.3 Å². The van der Waals surface area contributed by atoms with E-state index in [1.165, 1.54) is 13.3 Å². The van der Waals surface area contributed by atoms with Crippen molar-refractivity contribution in [3.8, 4) is 0 Å². The van der Waals surface area contributed by atoms with E-state index in [0.29, 0.717) is 0 Å². The van der Waals surface area contributed by atoms with Crippen LogP contribution >= 0.6 is 0 Å². The molecule has 2 N–H and O–H groups in total. The monoisotopic (exact) mass is 195 g/mol. The van der Waals surface area contributed by atoms with Crippen LogP contribution < -0.4 is 5.43 Å². The van der Waals surface area contributed by atoms with Gasteiger partial charge in [0.2, 0.25) is 16.7 Å². The molecule has 0 aromatic carbocycles. The van der Waals surface area contributed by atoms with Crippen molar-refractivity contribution in [1.82, 2.24) is 0 Å². The van der Waals surface area contributed by atoms with Gasteiger partial charge in [-0.1, -0.05) is 5.10 Å². The molecule has 12 heavy (non-hydrogen) atoms. The Balaban J connectivity index is 0.000000211. The van der Waals surface area contributed by atoms with Crippen molar-refractivity contribution < 1.29 is 22.6 Å². The Labute approximate surface area is 70.1 Å². The molecule has 0 saturated carbocycles. The fourth-order valence-electron chi connectivity index (χ4n) is 0.337. The number of quaternary nitrogens is 1. The fraction of sp³-hybridized carbons (Fsp3) is 0.500. The Bertz CT molecular complexity index is 247. The van der Waals surface area contributed by atoms with Crippen LogP contribution in [0.2, 0.25) is 0 Å². The Hall–Kier alpha value is -0.830. The Kier molecular flexibility index (Phi) is 5.37. The highest BCUT2D eigenvalue weighted by molar-refractivity contribution is 7.80. The van der Waals surface area contributed by atoms with Gasteiger partial charge in [0.05, 0.1) is 6.61 Å². The molecule has 1 heterocycles. The predicted octanol–water partition coefficient (Wildman–Crippen LogP) is -1.98. The summed E-state index contributed by atoms with van der Waals surface area (Å²) in [5.74, 6) is 0. The van der Waals surface area contributed by atoms with Gasteiger partial charge in [0.15, 0.2) is 6.34 Å². The molecule has 8 heteroatoms. The van der Waals surface area contributed by atoms with Crippen LogP contribution in [0.5, 0.6) is 0 Å². The zero-order valence-corrected chi connectivity index (χ0v) is 7.19. The van der Waals surface area contributed by atoms with Gasteiger partial charge in [0, 0.05) is 0 Å². The molecule has 0 spiro atoms. The van der Waals surface area contributed by atoms with E-state index in [4.69, 9.17) is 0 Å². The number of hydrogen-bond donors (Lipinski definition) is 1. The van der Waals surface area contributed by atoms with Crippen molar-refractivity contribution >= 4 is 23.1 Å². The Morgan fingerprint density at radius 2 is 2.33 bits per heavy atom. The smallest absolute Gasteiger partial charge is 0.217 e. The third-order valence-electron chi connectivity index (χ3n) is 0.634. The van der Waals surface area contributed by atoms with E-state index >= 15 is 0 Å². The standard InChI is InChI=1S/C2H3N3.C2H6O4S/c1-3-2-5-4-1;1-2-6-7(3,4)5/h1-2H,(H,3,4,5);2H2,1H3,(H,3,4,5). The van der Waals surface area contributed by atoms with Crippen LogP contribution in [0.25, 0.3) is 0 Å². The number of rotatable bonds is 2. The lowest BCUT2D eigenvalue weighted by molar-refractivity contribution is -0.531. The van der Waals surface area contributed by atoms with Gasteiger partial charge in [-0.05, 0) is 6.92 Å². The average molecular weight is 195 g/mol. The van der Waals surface area contributed by atoms with Crippen molar-refractivity contribution in [2.45, 2.75) is 6.92 Å². The molecular weight excluding hydrogens is 186 g/mol. The van der Waals surface area contributed by atoms with Gasteiger partial charge in [0.1, 0.15) is 0 Å². The van der Waals surface area contributed by atoms with Gasteiger partial charge >= 0.3 is 0 Å². The van der Waals surface area contributed by atoms with Crippen LogP contribution in [0.15, 0.2) is 10.1 Å². The molecule has 0 unspecified atom stereocenters. The fourth-order valence-corrected chi connectivity index (χ4v) is 0.625. The lowest BCUT2D eigenvalue weighted by Crippen LogP contribution is -2.74. The largest absolute Gasteiger partial charge is 0.726 e. The molecule has 0 amide bonds. The summed E-state index contributed by atoms with van der Waals surface area (Å²) in [4.78, 5) is 3.61. The second kappa shape index (κ2) is 5.77. The molecule has 1 aliphatic heterocycles. The molecule has 0 aliphatic carbocycles. The third kappa shape index (κ3) is 9.17. The van der Waals surface area contributed by atoms with E-state index in [1.54, 1.807) is 11.8 Å². The molecular formula is C4H9N3O4S. The van der Waals surface area contributed by atoms with Crippen molar-refractivity contribution in [3.63, 3.8) is 0 Å². The topological polar surface area (TPSA) is 108 Å². The first-order chi connectivity index (χ1) is 5.56. The molecule has 0 bridgehead atoms. The minimum Gasteiger partial charge on any atom is -0.726 e. The molecule has 0 saturated heterocycles. The predicted molar refractivity (Wildman–Crippen MR) is 40.2 cm³/mol. The number of hydrogen-bond acceptors (Lipinski definition) is 6. The Morgan fingerprint density at radius 3 is 2.42 bits per heavy atom. The zero-order chi connectivity index (χ0) is 9.45. The van der Waals surface area contributed by atoms with Crippen molar-refractivity contribution in [1.29, 1.82) is 0 Å². The van der Waals surface area contributed by atoms with Crippen LogP contribution in [0.4, 0.5) is 0 Å². The first kappa shape index (κ1) is 11.2. The highest BCUT2D eigenvalue weighted by Crippen LogP contribution is 1.80. The molecule has 0 fully saturated rings. The normalized spacial score (nSPS) is 14.2. The van der Waals surface area contributed by atoms with Crippen molar-refractivity contribution in [3.05, 3.63) is 0 Å². The number of nitrogens with zero attached hydrogens (tertiary/aromatic N) is 2. The average Bonchev–Trinajstić information content (AvgIpc) is 2.38. The van der Waals surface area contributed by atoms with E-state index in [-0.39, 0.29) is 6.61 Å². The van der Waals surface area contributed by atoms with Gasteiger partial charge in [0.25, 0.3) is 0 Å². The van der Waals surface area contributed by atoms with E-state index in [9.17, 15) is 13.0 Å². The summed E-state index contributed by atoms with van der Waals surface area (Å²) in [6.45, 7) is 1.33. The molecule has 1 aliphatic rings. The van der Waals surface area contributed by atoms with E-state index < -0.39 is 10.4 Å². The van der Waals surface area contributed by atoms with Gasteiger partial charge < -0.3 is 4.55 Å². The molecule has 70 valence electrons. The van der Waals surface area contributed by atoms with Crippen LogP contribution in [0, 0.1) is 0 Å². The number of nitrogens with two attached hydrogens (primary N) is 1. The summed E-state index contributed by atoms with van der Waals surface area (Å²) in [6, 6.07) is 0. The van der Waals surface area contributed by atoms with Crippen molar-refractivity contribution in [2.75, 3.05) is 6.61 Å². The summed E-state index contributed by atoms with van der Waals surface area (Å²) in [5, 5.41) is 3.61. The van der Waals surface area contributed by atoms with Crippen LogP contribution in [0.3, 0.4) is 0 Å². The van der Waals surface area contributed by atoms with Crippen LogP contribution in [-0.2, 0) is 14.6 Å². The van der Waals surface area contributed by atoms with Gasteiger partial charge in [-0.15, -0.1) is 0 Å². The zero-order valence-electron chi connectivity index (χ0n) is 6.37. The molecule has 0 aromatic rings. The summed E-state index contributed by atoms with van der Waals surface area (Å²) < 4.78 is 32.0. The lowest BCUT2D eigenvalue weighted by atomic mass is 10.9. The van der Waals surface area contributed by atoms with Crippen molar-refractivity contribution in [2.24, 2.45) is 10.1 Å². The number of aliphatic imine (C=N–C) groups is 1. The first-order valence-electron chi connectivity index (χ1n) is 3.03. The summed E-state index contributed by atoms with van der Waals surface area (Å²) in [5.41, 5.74) is 1.64. The van der Waals surface area contributed by atoms with E-state index in [0.717, 1.165) is 0 Å². The highest BCUT2D eigenvalue weighted by Gasteiger charge is 1.85. The summed E-state index contributed by atoms with van der Waals surface area (Å²) in [6.07, 6.45) is 3.14. The highest BCUT2D eigenvalue weighted by atomic mass is 32.3. The van der Waals surface area contributed by atoms with Gasteiger partial charge in [-0.25, -0.2) is 8.42 Å². The SMILES string of the molecule is C1=NC=N[NH2+]1.CCOS(=O)(=O)[O-]. The molecule has 7 nitrogen and oxygen atoms in total. The first-order valence-corrected chi connectivity index (χ1v) is 4.36.